The largest absolute Gasteiger partial charge is 0.385 e. The van der Waals surface area contributed by atoms with Gasteiger partial charge < -0.3 is 5.32 Å². The van der Waals surface area contributed by atoms with Gasteiger partial charge in [0.2, 0.25) is 0 Å². The molecule has 15 heavy (non-hydrogen) atoms. The highest BCUT2D eigenvalue weighted by atomic mass is 14.9. The van der Waals surface area contributed by atoms with E-state index in [1.807, 2.05) is 13.0 Å². The number of benzene rings is 1. The quantitative estimate of drug-likeness (QED) is 0.712. The highest BCUT2D eigenvalue weighted by Gasteiger charge is 1.92. The van der Waals surface area contributed by atoms with Crippen LogP contribution in [0.15, 0.2) is 48.6 Å². The summed E-state index contributed by atoms with van der Waals surface area (Å²) in [5.41, 5.74) is 3.76. The van der Waals surface area contributed by atoms with E-state index in [4.69, 9.17) is 0 Å². The third-order valence-corrected chi connectivity index (χ3v) is 2.43. The molecule has 0 fully saturated rings. The standard InChI is InChI=1S/C14H19N/c1-4-13(5-2)10-11-15-14-8-6-12(3)7-9-14/h4-9,15H,1,10-11H2,2-3H3/b13-5+. The SMILES string of the molecule is C=C/C(=C\C)CCNc1ccc(C)cc1. The first kappa shape index (κ1) is 11.6. The summed E-state index contributed by atoms with van der Waals surface area (Å²) in [5.74, 6) is 0. The normalized spacial score (nSPS) is 11.2. The van der Waals surface area contributed by atoms with Crippen LogP contribution >= 0.6 is 0 Å². The van der Waals surface area contributed by atoms with Gasteiger partial charge in [0.15, 0.2) is 0 Å². The van der Waals surface area contributed by atoms with Gasteiger partial charge in [-0.25, -0.2) is 0 Å². The highest BCUT2D eigenvalue weighted by Crippen LogP contribution is 2.09. The number of allylic oxidation sites excluding steroid dienone is 2. The van der Waals surface area contributed by atoms with Crippen molar-refractivity contribution in [3.63, 3.8) is 0 Å². The molecule has 0 aliphatic heterocycles. The number of anilines is 1. The molecule has 1 aromatic rings. The van der Waals surface area contributed by atoms with Crippen LogP contribution in [0.4, 0.5) is 5.69 Å². The Morgan fingerprint density at radius 2 is 2.00 bits per heavy atom. The first-order valence-corrected chi connectivity index (χ1v) is 5.34. The predicted octanol–water partition coefficient (Wildman–Crippen LogP) is 3.93. The summed E-state index contributed by atoms with van der Waals surface area (Å²) < 4.78 is 0. The number of rotatable bonds is 5. The summed E-state index contributed by atoms with van der Waals surface area (Å²) in [5, 5.41) is 3.38. The van der Waals surface area contributed by atoms with Gasteiger partial charge in [-0.05, 0) is 32.4 Å². The Kier molecular flexibility index (Phi) is 4.69. The van der Waals surface area contributed by atoms with Crippen LogP contribution < -0.4 is 5.32 Å². The molecule has 0 aromatic heterocycles. The van der Waals surface area contributed by atoms with E-state index in [-0.39, 0.29) is 0 Å². The smallest absolute Gasteiger partial charge is 0.0340 e. The second kappa shape index (κ2) is 6.07. The van der Waals surface area contributed by atoms with Crippen molar-refractivity contribution in [1.82, 2.24) is 0 Å². The molecule has 0 spiro atoms. The maximum Gasteiger partial charge on any atom is 0.0340 e. The van der Waals surface area contributed by atoms with Crippen LogP contribution in [-0.4, -0.2) is 6.54 Å². The van der Waals surface area contributed by atoms with E-state index < -0.39 is 0 Å². The summed E-state index contributed by atoms with van der Waals surface area (Å²) in [7, 11) is 0. The molecule has 0 saturated carbocycles. The van der Waals surface area contributed by atoms with Gasteiger partial charge in [-0.2, -0.15) is 0 Å². The lowest BCUT2D eigenvalue weighted by molar-refractivity contribution is 1.02. The predicted molar refractivity (Wildman–Crippen MR) is 68.2 cm³/mol. The second-order valence-electron chi connectivity index (χ2n) is 3.61. The van der Waals surface area contributed by atoms with Gasteiger partial charge in [-0.3, -0.25) is 0 Å². The van der Waals surface area contributed by atoms with Gasteiger partial charge in [0, 0.05) is 12.2 Å². The molecule has 1 heteroatoms. The molecule has 0 heterocycles. The minimum atomic E-state index is 0.953. The topological polar surface area (TPSA) is 12.0 Å². The van der Waals surface area contributed by atoms with Gasteiger partial charge in [0.05, 0.1) is 0 Å². The summed E-state index contributed by atoms with van der Waals surface area (Å²) in [6.45, 7) is 8.87. The van der Waals surface area contributed by atoms with Crippen LogP contribution in [0.5, 0.6) is 0 Å². The van der Waals surface area contributed by atoms with Crippen LogP contribution in [-0.2, 0) is 0 Å². The third-order valence-electron chi connectivity index (χ3n) is 2.43. The van der Waals surface area contributed by atoms with Crippen molar-refractivity contribution in [2.24, 2.45) is 0 Å². The van der Waals surface area contributed by atoms with Crippen molar-refractivity contribution in [2.75, 3.05) is 11.9 Å². The van der Waals surface area contributed by atoms with Gasteiger partial charge in [0.1, 0.15) is 0 Å². The molecule has 0 radical (unpaired) electrons. The molecule has 0 bridgehead atoms. The molecule has 0 amide bonds. The first-order valence-electron chi connectivity index (χ1n) is 5.34. The maximum atomic E-state index is 3.77. The fourth-order valence-electron chi connectivity index (χ4n) is 1.39. The van der Waals surface area contributed by atoms with E-state index in [1.165, 1.54) is 16.8 Å². The van der Waals surface area contributed by atoms with Crippen LogP contribution in [0, 0.1) is 6.92 Å². The minimum Gasteiger partial charge on any atom is -0.385 e. The summed E-state index contributed by atoms with van der Waals surface area (Å²) in [6.07, 6.45) is 5.04. The fourth-order valence-corrected chi connectivity index (χ4v) is 1.39. The molecule has 0 saturated heterocycles. The van der Waals surface area contributed by atoms with E-state index >= 15 is 0 Å². The maximum absolute atomic E-state index is 3.77. The van der Waals surface area contributed by atoms with Crippen molar-refractivity contribution in [1.29, 1.82) is 0 Å². The van der Waals surface area contributed by atoms with E-state index in [0.29, 0.717) is 0 Å². The van der Waals surface area contributed by atoms with Crippen molar-refractivity contribution in [3.8, 4) is 0 Å². The van der Waals surface area contributed by atoms with Gasteiger partial charge in [-0.15, -0.1) is 0 Å². The van der Waals surface area contributed by atoms with Crippen molar-refractivity contribution in [3.05, 3.63) is 54.1 Å². The lowest BCUT2D eigenvalue weighted by Crippen LogP contribution is -2.01. The van der Waals surface area contributed by atoms with Crippen molar-refractivity contribution >= 4 is 5.69 Å². The fraction of sp³-hybridized carbons (Fsp3) is 0.286. The Hall–Kier alpha value is -1.50. The van der Waals surface area contributed by atoms with Gasteiger partial charge >= 0.3 is 0 Å². The Balaban J connectivity index is 2.38. The number of nitrogens with one attached hydrogen (secondary N) is 1. The Morgan fingerprint density at radius 1 is 1.33 bits per heavy atom. The molecule has 1 nitrogen and oxygen atoms in total. The lowest BCUT2D eigenvalue weighted by Gasteiger charge is -2.06. The summed E-state index contributed by atoms with van der Waals surface area (Å²) >= 11 is 0. The van der Waals surface area contributed by atoms with E-state index in [2.05, 4.69) is 49.2 Å². The average Bonchev–Trinajstić information content (AvgIpc) is 2.27. The van der Waals surface area contributed by atoms with E-state index in [1.54, 1.807) is 0 Å². The molecule has 0 aliphatic rings. The van der Waals surface area contributed by atoms with Crippen LogP contribution in [0.25, 0.3) is 0 Å². The molecule has 0 atom stereocenters. The second-order valence-corrected chi connectivity index (χ2v) is 3.61. The summed E-state index contributed by atoms with van der Waals surface area (Å²) in [4.78, 5) is 0. The van der Waals surface area contributed by atoms with Crippen molar-refractivity contribution < 1.29 is 0 Å². The van der Waals surface area contributed by atoms with Crippen LogP contribution in [0.2, 0.25) is 0 Å². The van der Waals surface area contributed by atoms with E-state index in [9.17, 15) is 0 Å². The molecule has 1 rings (SSSR count). The average molecular weight is 201 g/mol. The van der Waals surface area contributed by atoms with Crippen molar-refractivity contribution in [2.45, 2.75) is 20.3 Å². The molecule has 0 unspecified atom stereocenters. The lowest BCUT2D eigenvalue weighted by atomic mass is 10.1. The van der Waals surface area contributed by atoms with Gasteiger partial charge in [0.25, 0.3) is 0 Å². The number of hydrogen-bond donors (Lipinski definition) is 1. The zero-order valence-electron chi connectivity index (χ0n) is 9.59. The van der Waals surface area contributed by atoms with E-state index in [0.717, 1.165) is 13.0 Å². The number of hydrogen-bond acceptors (Lipinski definition) is 1. The Morgan fingerprint density at radius 3 is 2.53 bits per heavy atom. The first-order chi connectivity index (χ1) is 7.26. The van der Waals surface area contributed by atoms with Crippen LogP contribution in [0.1, 0.15) is 18.9 Å². The minimum absolute atomic E-state index is 0.953. The molecular formula is C14H19N. The molecule has 0 aliphatic carbocycles. The molecular weight excluding hydrogens is 182 g/mol. The zero-order chi connectivity index (χ0) is 11.1. The Labute approximate surface area is 92.5 Å². The Bertz CT molecular complexity index is 333. The van der Waals surface area contributed by atoms with Crippen LogP contribution in [0.3, 0.4) is 0 Å². The molecule has 1 aromatic carbocycles. The third kappa shape index (κ3) is 4.03. The molecule has 80 valence electrons. The monoisotopic (exact) mass is 201 g/mol. The highest BCUT2D eigenvalue weighted by molar-refractivity contribution is 5.44. The zero-order valence-corrected chi connectivity index (χ0v) is 9.59. The number of aryl methyl sites for hydroxylation is 1. The van der Waals surface area contributed by atoms with Gasteiger partial charge in [-0.1, -0.05) is 42.0 Å². The summed E-state index contributed by atoms with van der Waals surface area (Å²) in [6, 6.07) is 8.45. The molecule has 1 N–H and O–H groups in total.